The van der Waals surface area contributed by atoms with Crippen LogP contribution in [0.4, 0.5) is 5.69 Å². The van der Waals surface area contributed by atoms with Crippen LogP contribution in [0.3, 0.4) is 0 Å². The summed E-state index contributed by atoms with van der Waals surface area (Å²) < 4.78 is 1.70. The van der Waals surface area contributed by atoms with Gasteiger partial charge in [-0.1, -0.05) is 0 Å². The molecule has 3 rings (SSSR count). The predicted octanol–water partition coefficient (Wildman–Crippen LogP) is 1.20. The summed E-state index contributed by atoms with van der Waals surface area (Å²) in [6, 6.07) is 11.5. The van der Waals surface area contributed by atoms with Crippen molar-refractivity contribution < 1.29 is 5.11 Å². The van der Waals surface area contributed by atoms with E-state index in [0.717, 1.165) is 16.9 Å². The molecule has 0 atom stereocenters. The highest BCUT2D eigenvalue weighted by molar-refractivity contribution is 5.62. The maximum absolute atomic E-state index is 8.76. The van der Waals surface area contributed by atoms with Gasteiger partial charge in [0, 0.05) is 24.0 Å². The number of aliphatic hydroxyl groups is 1. The summed E-state index contributed by atoms with van der Waals surface area (Å²) >= 11 is 0. The molecule has 0 saturated heterocycles. The van der Waals surface area contributed by atoms with Crippen LogP contribution < -0.4 is 5.32 Å². The number of nitrogens with zero attached hydrogens (tertiary/aromatic N) is 4. The number of nitrogens with one attached hydrogen (secondary N) is 1. The second-order valence-corrected chi connectivity index (χ2v) is 4.05. The summed E-state index contributed by atoms with van der Waals surface area (Å²) in [5.74, 6) is 0.712. The molecule has 0 fully saturated rings. The monoisotopic (exact) mass is 255 g/mol. The lowest BCUT2D eigenvalue weighted by atomic mass is 10.2. The molecule has 0 unspecified atom stereocenters. The molecule has 96 valence electrons. The number of fused-ring (bicyclic) bond motifs is 1. The Morgan fingerprint density at radius 1 is 1.11 bits per heavy atom. The highest BCUT2D eigenvalue weighted by Crippen LogP contribution is 2.19. The number of anilines is 1. The average Bonchev–Trinajstić information content (AvgIpc) is 2.90. The van der Waals surface area contributed by atoms with E-state index in [9.17, 15) is 0 Å². The van der Waals surface area contributed by atoms with E-state index >= 15 is 0 Å². The molecule has 6 nitrogen and oxygen atoms in total. The van der Waals surface area contributed by atoms with Crippen LogP contribution in [-0.2, 0) is 0 Å². The third kappa shape index (κ3) is 2.25. The molecular formula is C13H13N5O. The van der Waals surface area contributed by atoms with Gasteiger partial charge in [0.1, 0.15) is 0 Å². The van der Waals surface area contributed by atoms with Gasteiger partial charge in [0.05, 0.1) is 6.61 Å². The fraction of sp³-hybridized carbons (Fsp3) is 0.154. The van der Waals surface area contributed by atoms with Crippen LogP contribution in [0.2, 0.25) is 0 Å². The highest BCUT2D eigenvalue weighted by atomic mass is 16.3. The van der Waals surface area contributed by atoms with Crippen molar-refractivity contribution in [3.8, 4) is 11.4 Å². The summed E-state index contributed by atoms with van der Waals surface area (Å²) in [5.41, 5.74) is 2.63. The molecule has 0 aliphatic carbocycles. The Morgan fingerprint density at radius 2 is 1.95 bits per heavy atom. The lowest BCUT2D eigenvalue weighted by molar-refractivity contribution is 0.311. The van der Waals surface area contributed by atoms with Crippen molar-refractivity contribution >= 4 is 11.3 Å². The van der Waals surface area contributed by atoms with Crippen molar-refractivity contribution in [2.45, 2.75) is 0 Å². The van der Waals surface area contributed by atoms with E-state index < -0.39 is 0 Å². The van der Waals surface area contributed by atoms with Gasteiger partial charge in [0.25, 0.3) is 0 Å². The molecule has 0 aliphatic heterocycles. The Morgan fingerprint density at radius 3 is 2.74 bits per heavy atom. The Balaban J connectivity index is 1.93. The van der Waals surface area contributed by atoms with Crippen molar-refractivity contribution in [2.75, 3.05) is 18.5 Å². The van der Waals surface area contributed by atoms with E-state index in [1.807, 2.05) is 36.4 Å². The first-order valence-electron chi connectivity index (χ1n) is 6.00. The number of rotatable bonds is 4. The van der Waals surface area contributed by atoms with E-state index in [4.69, 9.17) is 5.11 Å². The largest absolute Gasteiger partial charge is 0.395 e. The second kappa shape index (κ2) is 5.03. The fourth-order valence-electron chi connectivity index (χ4n) is 1.86. The SMILES string of the molecule is OCCNc1ccc(-c2nnc3cccnn23)cc1. The molecule has 0 bridgehead atoms. The fourth-order valence-corrected chi connectivity index (χ4v) is 1.86. The summed E-state index contributed by atoms with van der Waals surface area (Å²) in [4.78, 5) is 0. The number of aromatic nitrogens is 4. The molecule has 19 heavy (non-hydrogen) atoms. The molecule has 0 aliphatic rings. The maximum atomic E-state index is 8.76. The van der Waals surface area contributed by atoms with E-state index in [2.05, 4.69) is 20.6 Å². The van der Waals surface area contributed by atoms with Crippen LogP contribution in [0, 0.1) is 0 Å². The van der Waals surface area contributed by atoms with Crippen molar-refractivity contribution in [3.63, 3.8) is 0 Å². The van der Waals surface area contributed by atoms with Gasteiger partial charge in [0.15, 0.2) is 11.5 Å². The van der Waals surface area contributed by atoms with Gasteiger partial charge in [-0.15, -0.1) is 10.2 Å². The number of aliphatic hydroxyl groups excluding tert-OH is 1. The minimum absolute atomic E-state index is 0.112. The molecule has 2 aromatic heterocycles. The smallest absolute Gasteiger partial charge is 0.185 e. The Kier molecular flexibility index (Phi) is 3.07. The third-order valence-corrected chi connectivity index (χ3v) is 2.76. The number of hydrogen-bond acceptors (Lipinski definition) is 5. The topological polar surface area (TPSA) is 75.3 Å². The first kappa shape index (κ1) is 11.6. The lowest BCUT2D eigenvalue weighted by Crippen LogP contribution is -2.05. The summed E-state index contributed by atoms with van der Waals surface area (Å²) in [6.07, 6.45) is 1.71. The molecular weight excluding hydrogens is 242 g/mol. The Bertz CT molecular complexity index is 677. The first-order valence-corrected chi connectivity index (χ1v) is 6.00. The van der Waals surface area contributed by atoms with Gasteiger partial charge in [0.2, 0.25) is 0 Å². The first-order chi connectivity index (χ1) is 9.38. The van der Waals surface area contributed by atoms with Gasteiger partial charge < -0.3 is 10.4 Å². The Hall–Kier alpha value is -2.47. The minimum atomic E-state index is 0.112. The van der Waals surface area contributed by atoms with Crippen LogP contribution in [0.1, 0.15) is 0 Å². The summed E-state index contributed by atoms with van der Waals surface area (Å²) in [5, 5.41) is 24.3. The van der Waals surface area contributed by atoms with Crippen LogP contribution in [-0.4, -0.2) is 38.1 Å². The number of benzene rings is 1. The predicted molar refractivity (Wildman–Crippen MR) is 71.8 cm³/mol. The summed E-state index contributed by atoms with van der Waals surface area (Å²) in [7, 11) is 0. The van der Waals surface area contributed by atoms with E-state index in [-0.39, 0.29) is 6.61 Å². The zero-order valence-corrected chi connectivity index (χ0v) is 10.2. The molecule has 3 aromatic rings. The van der Waals surface area contributed by atoms with Crippen LogP contribution in [0.25, 0.3) is 17.0 Å². The average molecular weight is 255 g/mol. The molecule has 2 heterocycles. The van der Waals surface area contributed by atoms with Crippen molar-refractivity contribution in [3.05, 3.63) is 42.6 Å². The van der Waals surface area contributed by atoms with Crippen molar-refractivity contribution in [1.82, 2.24) is 19.8 Å². The zero-order valence-electron chi connectivity index (χ0n) is 10.2. The molecule has 2 N–H and O–H groups in total. The van der Waals surface area contributed by atoms with Crippen molar-refractivity contribution in [2.24, 2.45) is 0 Å². The van der Waals surface area contributed by atoms with E-state index in [1.54, 1.807) is 10.7 Å². The normalized spacial score (nSPS) is 10.8. The lowest BCUT2D eigenvalue weighted by Gasteiger charge is -2.04. The molecule has 1 aromatic carbocycles. The number of hydrogen-bond donors (Lipinski definition) is 2. The van der Waals surface area contributed by atoms with Gasteiger partial charge >= 0.3 is 0 Å². The second-order valence-electron chi connectivity index (χ2n) is 4.05. The van der Waals surface area contributed by atoms with E-state index in [1.165, 1.54) is 0 Å². The minimum Gasteiger partial charge on any atom is -0.395 e. The Labute approximate surface area is 109 Å². The standard InChI is InChI=1S/C13H13N5O/c19-9-8-14-11-5-3-10(4-6-11)13-17-16-12-2-1-7-15-18(12)13/h1-7,14,19H,8-9H2. The van der Waals surface area contributed by atoms with Crippen LogP contribution in [0.15, 0.2) is 42.6 Å². The van der Waals surface area contributed by atoms with Gasteiger partial charge in [-0.3, -0.25) is 0 Å². The van der Waals surface area contributed by atoms with Gasteiger partial charge in [-0.05, 0) is 36.4 Å². The van der Waals surface area contributed by atoms with Gasteiger partial charge in [-0.25, -0.2) is 0 Å². The molecule has 0 radical (unpaired) electrons. The summed E-state index contributed by atoms with van der Waals surface area (Å²) in [6.45, 7) is 0.648. The molecule has 0 amide bonds. The molecule has 0 spiro atoms. The third-order valence-electron chi connectivity index (χ3n) is 2.76. The highest BCUT2D eigenvalue weighted by Gasteiger charge is 2.07. The quantitative estimate of drug-likeness (QED) is 0.732. The van der Waals surface area contributed by atoms with E-state index in [0.29, 0.717) is 12.4 Å². The molecule has 6 heteroatoms. The van der Waals surface area contributed by atoms with Crippen LogP contribution in [0.5, 0.6) is 0 Å². The maximum Gasteiger partial charge on any atom is 0.185 e. The van der Waals surface area contributed by atoms with Crippen LogP contribution >= 0.6 is 0 Å². The zero-order chi connectivity index (χ0) is 13.1. The van der Waals surface area contributed by atoms with Crippen molar-refractivity contribution in [1.29, 1.82) is 0 Å². The van der Waals surface area contributed by atoms with Gasteiger partial charge in [-0.2, -0.15) is 9.61 Å². The molecule has 0 saturated carbocycles.